The summed E-state index contributed by atoms with van der Waals surface area (Å²) in [6.07, 6.45) is 5.30. The molecule has 206 valence electrons. The first-order valence-corrected chi connectivity index (χ1v) is 12.7. The molecular weight excluding hydrogens is 511 g/mol. The van der Waals surface area contributed by atoms with Crippen molar-refractivity contribution < 1.29 is 28.3 Å². The van der Waals surface area contributed by atoms with Crippen LogP contribution in [0.15, 0.2) is 24.8 Å². The fraction of sp³-hybridized carbons (Fsp3) is 0.480. The van der Waals surface area contributed by atoms with Crippen LogP contribution in [0.1, 0.15) is 37.6 Å². The van der Waals surface area contributed by atoms with Crippen molar-refractivity contribution in [1.29, 1.82) is 0 Å². The number of amides is 3. The summed E-state index contributed by atoms with van der Waals surface area (Å²) in [4.78, 5) is 63.0. The van der Waals surface area contributed by atoms with Gasteiger partial charge in [0.25, 0.3) is 11.7 Å². The lowest BCUT2D eigenvalue weighted by Gasteiger charge is -2.35. The summed E-state index contributed by atoms with van der Waals surface area (Å²) in [6, 6.07) is 0. The monoisotopic (exact) mass is 540 g/mol. The lowest BCUT2D eigenvalue weighted by atomic mass is 10.1. The largest absolute Gasteiger partial charge is 0.444 e. The number of Topliss-reactive ketones (excluding diaryl/α,β-unsaturated/α-hetero) is 1. The highest BCUT2D eigenvalue weighted by Crippen LogP contribution is 2.27. The van der Waals surface area contributed by atoms with Gasteiger partial charge < -0.3 is 24.4 Å². The molecule has 2 aliphatic heterocycles. The number of nitrogens with zero attached hydrogens (tertiary/aromatic N) is 7. The minimum atomic E-state index is -0.862. The minimum Gasteiger partial charge on any atom is -0.444 e. The molecule has 0 aliphatic carbocycles. The molecule has 3 amide bonds. The van der Waals surface area contributed by atoms with E-state index in [0.717, 1.165) is 6.20 Å². The van der Waals surface area contributed by atoms with Crippen LogP contribution in [0.2, 0.25) is 0 Å². The van der Waals surface area contributed by atoms with Crippen molar-refractivity contribution in [2.75, 3.05) is 39.3 Å². The van der Waals surface area contributed by atoms with Crippen molar-refractivity contribution in [3.05, 3.63) is 36.2 Å². The maximum Gasteiger partial charge on any atom is 0.410 e. The number of carbonyl (C=O) groups is 4. The van der Waals surface area contributed by atoms with Crippen LogP contribution in [-0.4, -0.2) is 108 Å². The number of likely N-dealkylation sites (tertiary alicyclic amines) is 1. The fourth-order valence-corrected chi connectivity index (χ4v) is 4.87. The van der Waals surface area contributed by atoms with E-state index in [1.165, 1.54) is 33.1 Å². The third-order valence-electron chi connectivity index (χ3n) is 6.79. The van der Waals surface area contributed by atoms with Gasteiger partial charge >= 0.3 is 6.09 Å². The van der Waals surface area contributed by atoms with Crippen LogP contribution < -0.4 is 0 Å². The Morgan fingerprint density at radius 2 is 1.77 bits per heavy atom. The van der Waals surface area contributed by atoms with Crippen LogP contribution in [0.4, 0.5) is 9.18 Å². The lowest BCUT2D eigenvalue weighted by Crippen LogP contribution is -2.53. The van der Waals surface area contributed by atoms with Gasteiger partial charge in [-0.3, -0.25) is 14.4 Å². The summed E-state index contributed by atoms with van der Waals surface area (Å²) in [5.74, 6) is -2.59. The van der Waals surface area contributed by atoms with Gasteiger partial charge in [0.05, 0.1) is 41.0 Å². The molecule has 39 heavy (non-hydrogen) atoms. The van der Waals surface area contributed by atoms with E-state index in [1.807, 2.05) is 0 Å². The number of ketones is 1. The molecular formula is C25H29FN8O5. The van der Waals surface area contributed by atoms with Crippen LogP contribution in [0.3, 0.4) is 0 Å². The van der Waals surface area contributed by atoms with Gasteiger partial charge in [-0.1, -0.05) is 5.21 Å². The van der Waals surface area contributed by atoms with Gasteiger partial charge in [-0.25, -0.2) is 18.9 Å². The third-order valence-corrected chi connectivity index (χ3v) is 6.79. The first-order chi connectivity index (χ1) is 18.5. The smallest absolute Gasteiger partial charge is 0.410 e. The second-order valence-corrected chi connectivity index (χ2v) is 10.6. The minimum absolute atomic E-state index is 0.0570. The molecule has 0 bridgehead atoms. The van der Waals surface area contributed by atoms with Gasteiger partial charge in [0.1, 0.15) is 5.60 Å². The van der Waals surface area contributed by atoms with E-state index in [9.17, 15) is 23.6 Å². The molecule has 2 aliphatic rings. The maximum atomic E-state index is 14.7. The van der Waals surface area contributed by atoms with Crippen LogP contribution >= 0.6 is 0 Å². The molecule has 14 heteroatoms. The number of H-pyrrole nitrogens is 1. The van der Waals surface area contributed by atoms with E-state index in [4.69, 9.17) is 4.74 Å². The number of fused-ring (bicyclic) bond motifs is 1. The SMILES string of the molecule is CC(C)(C)OC(=O)N1CCC(C(=O)N2CCN(C(=O)C(=O)c3c[nH]c4c(-n5ccnn5)ncc(F)c34)CC2)C1. The van der Waals surface area contributed by atoms with Gasteiger partial charge in [0, 0.05) is 45.5 Å². The van der Waals surface area contributed by atoms with Crippen LogP contribution in [-0.2, 0) is 14.3 Å². The molecule has 13 nitrogen and oxygen atoms in total. The molecule has 2 saturated heterocycles. The van der Waals surface area contributed by atoms with Crippen molar-refractivity contribution in [2.45, 2.75) is 32.8 Å². The highest BCUT2D eigenvalue weighted by Gasteiger charge is 2.37. The lowest BCUT2D eigenvalue weighted by molar-refractivity contribution is -0.140. The highest BCUT2D eigenvalue weighted by atomic mass is 19.1. The standard InChI is InChI=1S/C25H29FN8O5/c1-25(2,3)39-24(38)33-6-4-15(14-33)22(36)31-8-10-32(11-9-31)23(37)20(35)16-12-27-19-18(16)17(26)13-28-21(19)34-7-5-29-30-34/h5,7,12-13,15,27H,4,6,8-11,14H2,1-3H3. The van der Waals surface area contributed by atoms with Gasteiger partial charge in [-0.2, -0.15) is 0 Å². The predicted octanol–water partition coefficient (Wildman–Crippen LogP) is 1.39. The zero-order chi connectivity index (χ0) is 27.9. The Morgan fingerprint density at radius 1 is 1.05 bits per heavy atom. The third kappa shape index (κ3) is 5.18. The topological polar surface area (TPSA) is 147 Å². The number of hydrogen-bond acceptors (Lipinski definition) is 8. The Bertz CT molecular complexity index is 1420. The number of ether oxygens (including phenoxy) is 1. The molecule has 1 atom stereocenters. The van der Waals surface area contributed by atoms with Gasteiger partial charge in [0.15, 0.2) is 11.6 Å². The average molecular weight is 541 g/mol. The Labute approximate surface area is 222 Å². The predicted molar refractivity (Wildman–Crippen MR) is 134 cm³/mol. The molecule has 0 spiro atoms. The molecule has 1 unspecified atom stereocenters. The van der Waals surface area contributed by atoms with Crippen molar-refractivity contribution in [2.24, 2.45) is 5.92 Å². The number of piperazine rings is 1. The summed E-state index contributed by atoms with van der Waals surface area (Å²) >= 11 is 0. The van der Waals surface area contributed by atoms with E-state index >= 15 is 0 Å². The zero-order valence-electron chi connectivity index (χ0n) is 21.9. The average Bonchev–Trinajstić information content (AvgIpc) is 3.68. The highest BCUT2D eigenvalue weighted by molar-refractivity contribution is 6.45. The van der Waals surface area contributed by atoms with Crippen molar-refractivity contribution in [3.63, 3.8) is 0 Å². The first kappa shape index (κ1) is 26.3. The number of carbonyl (C=O) groups excluding carboxylic acids is 4. The summed E-state index contributed by atoms with van der Waals surface area (Å²) in [5.41, 5.74) is -0.513. The van der Waals surface area contributed by atoms with Gasteiger partial charge in [-0.15, -0.1) is 5.10 Å². The normalized spacial score (nSPS) is 18.1. The van der Waals surface area contributed by atoms with Crippen molar-refractivity contribution >= 4 is 34.6 Å². The van der Waals surface area contributed by atoms with Crippen molar-refractivity contribution in [1.82, 2.24) is 39.7 Å². The number of aromatic nitrogens is 5. The fourth-order valence-electron chi connectivity index (χ4n) is 4.87. The number of rotatable bonds is 4. The second kappa shape index (κ2) is 10.1. The molecule has 5 heterocycles. The van der Waals surface area contributed by atoms with Crippen LogP contribution in [0, 0.1) is 11.7 Å². The molecule has 0 radical (unpaired) electrons. The number of nitrogens with one attached hydrogen (secondary N) is 1. The first-order valence-electron chi connectivity index (χ1n) is 12.7. The molecule has 1 N–H and O–H groups in total. The maximum absolute atomic E-state index is 14.7. The Morgan fingerprint density at radius 3 is 2.44 bits per heavy atom. The zero-order valence-corrected chi connectivity index (χ0v) is 21.9. The Kier molecular flexibility index (Phi) is 6.78. The number of hydrogen-bond donors (Lipinski definition) is 1. The molecule has 3 aromatic rings. The summed E-state index contributed by atoms with van der Waals surface area (Å²) in [7, 11) is 0. The van der Waals surface area contributed by atoms with Crippen LogP contribution in [0.5, 0.6) is 0 Å². The number of halogens is 1. The quantitative estimate of drug-likeness (QED) is 0.386. The van der Waals surface area contributed by atoms with E-state index in [2.05, 4.69) is 20.3 Å². The molecule has 3 aromatic heterocycles. The molecule has 5 rings (SSSR count). The molecule has 2 fully saturated rings. The van der Waals surface area contributed by atoms with Crippen molar-refractivity contribution in [3.8, 4) is 5.82 Å². The second-order valence-electron chi connectivity index (χ2n) is 10.6. The summed E-state index contributed by atoms with van der Waals surface area (Å²) < 4.78 is 21.5. The number of pyridine rings is 1. The molecule has 0 aromatic carbocycles. The Balaban J connectivity index is 1.21. The van der Waals surface area contributed by atoms with Gasteiger partial charge in [0.2, 0.25) is 5.91 Å². The van der Waals surface area contributed by atoms with Crippen LogP contribution in [0.25, 0.3) is 16.7 Å². The summed E-state index contributed by atoms with van der Waals surface area (Å²) in [6.45, 7) is 6.92. The summed E-state index contributed by atoms with van der Waals surface area (Å²) in [5, 5.41) is 7.51. The molecule has 0 saturated carbocycles. The van der Waals surface area contributed by atoms with E-state index in [-0.39, 0.29) is 66.8 Å². The number of aromatic amines is 1. The van der Waals surface area contributed by atoms with E-state index < -0.39 is 29.2 Å². The van der Waals surface area contributed by atoms with Gasteiger partial charge in [-0.05, 0) is 27.2 Å². The Hall–Kier alpha value is -4.36. The van der Waals surface area contributed by atoms with E-state index in [0.29, 0.717) is 13.0 Å². The van der Waals surface area contributed by atoms with E-state index in [1.54, 1.807) is 25.7 Å².